The fraction of sp³-hybridized carbons (Fsp3) is 0.484. The molecule has 1 heteroatoms. The van der Waals surface area contributed by atoms with Gasteiger partial charge in [-0.05, 0) is 17.4 Å². The number of rotatable bonds is 0. The van der Waals surface area contributed by atoms with Crippen molar-refractivity contribution in [2.75, 3.05) is 0 Å². The third-order valence-corrected chi connectivity index (χ3v) is 6.32. The Labute approximate surface area is 216 Å². The molecule has 32 heavy (non-hydrogen) atoms. The SMILES string of the molecule is CC(C)(C)c1c[c-]c2c(c1)-c1cc(C(C)(C)C)ccc1C2.CC1[C-]=CC(C(C)(C)C)=C1.[Zr+2]. The maximum absolute atomic E-state index is 3.53. The summed E-state index contributed by atoms with van der Waals surface area (Å²) in [6.45, 7) is 22.5. The Hall–Kier alpha value is -1.20. The Kier molecular flexibility index (Phi) is 8.10. The minimum absolute atomic E-state index is 0. The molecule has 2 aliphatic carbocycles. The molecule has 0 aromatic heterocycles. The minimum Gasteiger partial charge on any atom is -0.270 e. The Morgan fingerprint density at radius 1 is 0.781 bits per heavy atom. The first-order valence-corrected chi connectivity index (χ1v) is 11.7. The molecule has 0 spiro atoms. The zero-order valence-corrected chi connectivity index (χ0v) is 24.3. The number of hydrogen-bond donors (Lipinski definition) is 0. The van der Waals surface area contributed by atoms with Gasteiger partial charge >= 0.3 is 26.2 Å². The predicted octanol–water partition coefficient (Wildman–Crippen LogP) is 8.62. The number of benzene rings is 2. The van der Waals surface area contributed by atoms with E-state index in [0.717, 1.165) is 6.42 Å². The van der Waals surface area contributed by atoms with Gasteiger partial charge in [0.15, 0.2) is 0 Å². The van der Waals surface area contributed by atoms with Crippen molar-refractivity contribution in [3.63, 3.8) is 0 Å². The van der Waals surface area contributed by atoms with Crippen LogP contribution in [0, 0.1) is 23.5 Å². The predicted molar refractivity (Wildman–Crippen MR) is 135 cm³/mol. The van der Waals surface area contributed by atoms with Crippen molar-refractivity contribution >= 4 is 0 Å². The van der Waals surface area contributed by atoms with Gasteiger partial charge in [-0.3, -0.25) is 6.08 Å². The molecule has 0 aliphatic heterocycles. The van der Waals surface area contributed by atoms with E-state index in [1.807, 2.05) is 0 Å². The van der Waals surface area contributed by atoms with Crippen molar-refractivity contribution in [3.8, 4) is 11.1 Å². The molecule has 0 fully saturated rings. The quantitative estimate of drug-likeness (QED) is 0.269. The molecule has 4 rings (SSSR count). The minimum atomic E-state index is 0. The molecule has 0 bridgehead atoms. The molecule has 0 radical (unpaired) electrons. The fourth-order valence-corrected chi connectivity index (χ4v) is 4.04. The molecule has 1 unspecified atom stereocenters. The van der Waals surface area contributed by atoms with Crippen LogP contribution in [-0.2, 0) is 43.5 Å². The molecule has 2 aliphatic rings. The van der Waals surface area contributed by atoms with Crippen molar-refractivity contribution in [2.45, 2.75) is 86.5 Å². The third-order valence-electron chi connectivity index (χ3n) is 6.32. The molecular weight excluding hydrogens is 464 g/mol. The van der Waals surface area contributed by atoms with E-state index in [2.05, 4.69) is 124 Å². The fourth-order valence-electron chi connectivity index (χ4n) is 4.04. The van der Waals surface area contributed by atoms with Gasteiger partial charge in [0.2, 0.25) is 0 Å². The summed E-state index contributed by atoms with van der Waals surface area (Å²) in [6.07, 6.45) is 8.68. The van der Waals surface area contributed by atoms with E-state index in [9.17, 15) is 0 Å². The summed E-state index contributed by atoms with van der Waals surface area (Å²) in [4.78, 5) is 0. The van der Waals surface area contributed by atoms with Crippen molar-refractivity contribution in [1.82, 2.24) is 0 Å². The van der Waals surface area contributed by atoms with Gasteiger partial charge in [-0.25, -0.2) is 6.08 Å². The van der Waals surface area contributed by atoms with E-state index in [-0.39, 0.29) is 37.0 Å². The second-order valence-corrected chi connectivity index (χ2v) is 12.3. The Balaban J connectivity index is 0.000000280. The first-order valence-electron chi connectivity index (χ1n) is 11.7. The van der Waals surface area contributed by atoms with Gasteiger partial charge < -0.3 is 0 Å². The van der Waals surface area contributed by atoms with Crippen LogP contribution < -0.4 is 0 Å². The molecule has 0 saturated carbocycles. The van der Waals surface area contributed by atoms with Crippen LogP contribution in [0.25, 0.3) is 11.1 Å². The monoisotopic (exact) mass is 502 g/mol. The second kappa shape index (κ2) is 9.58. The van der Waals surface area contributed by atoms with Crippen LogP contribution in [0.1, 0.15) is 91.5 Å². The maximum atomic E-state index is 3.53. The van der Waals surface area contributed by atoms with E-state index in [1.165, 1.54) is 39.0 Å². The molecule has 0 saturated heterocycles. The Morgan fingerprint density at radius 3 is 1.84 bits per heavy atom. The second-order valence-electron chi connectivity index (χ2n) is 12.3. The summed E-state index contributed by atoms with van der Waals surface area (Å²) in [6, 6.07) is 15.1. The Bertz CT molecular complexity index is 952. The van der Waals surface area contributed by atoms with E-state index >= 15 is 0 Å². The third kappa shape index (κ3) is 6.23. The van der Waals surface area contributed by atoms with Crippen LogP contribution >= 0.6 is 0 Å². The van der Waals surface area contributed by atoms with Crippen LogP contribution in [0.5, 0.6) is 0 Å². The molecule has 0 heterocycles. The van der Waals surface area contributed by atoms with Gasteiger partial charge in [0, 0.05) is 0 Å². The van der Waals surface area contributed by atoms with Crippen LogP contribution in [0.4, 0.5) is 0 Å². The van der Waals surface area contributed by atoms with Crippen LogP contribution in [-0.4, -0.2) is 0 Å². The summed E-state index contributed by atoms with van der Waals surface area (Å²) >= 11 is 0. The van der Waals surface area contributed by atoms with Gasteiger partial charge in [-0.15, -0.1) is 5.56 Å². The van der Waals surface area contributed by atoms with Gasteiger partial charge in [-0.1, -0.05) is 115 Å². The molecular formula is C31H40Zr. The van der Waals surface area contributed by atoms with Crippen molar-refractivity contribution in [3.05, 3.63) is 82.5 Å². The van der Waals surface area contributed by atoms with Gasteiger partial charge in [0.25, 0.3) is 0 Å². The zero-order valence-electron chi connectivity index (χ0n) is 21.8. The summed E-state index contributed by atoms with van der Waals surface area (Å²) in [7, 11) is 0. The molecule has 2 aromatic carbocycles. The van der Waals surface area contributed by atoms with Gasteiger partial charge in [0.05, 0.1) is 0 Å². The van der Waals surface area contributed by atoms with Gasteiger partial charge in [-0.2, -0.15) is 41.0 Å². The summed E-state index contributed by atoms with van der Waals surface area (Å²) in [5.41, 5.74) is 10.5. The smallest absolute Gasteiger partial charge is 0.270 e. The van der Waals surface area contributed by atoms with Crippen LogP contribution in [0.2, 0.25) is 0 Å². The van der Waals surface area contributed by atoms with Crippen molar-refractivity contribution in [1.29, 1.82) is 0 Å². The number of hydrogen-bond acceptors (Lipinski definition) is 0. The van der Waals surface area contributed by atoms with Gasteiger partial charge in [0.1, 0.15) is 0 Å². The van der Waals surface area contributed by atoms with Crippen LogP contribution in [0.15, 0.2) is 48.1 Å². The largest absolute Gasteiger partial charge is 2.00 e. The molecule has 2 aromatic rings. The molecule has 0 amide bonds. The average molecular weight is 504 g/mol. The zero-order chi connectivity index (χ0) is 23.2. The summed E-state index contributed by atoms with van der Waals surface area (Å²) in [5.74, 6) is 0.522. The van der Waals surface area contributed by atoms with E-state index < -0.39 is 0 Å². The van der Waals surface area contributed by atoms with Crippen molar-refractivity contribution < 1.29 is 26.2 Å². The van der Waals surface area contributed by atoms with E-state index in [4.69, 9.17) is 0 Å². The van der Waals surface area contributed by atoms with Crippen LogP contribution in [0.3, 0.4) is 0 Å². The normalized spacial score (nSPS) is 17.1. The standard InChI is InChI=1S/C21H25.C10H15.Zr/c1-20(2,3)16-9-7-14-11-15-8-10-17(21(4,5)6)13-19(15)18(14)12-16;1-8-5-6-9(7-8)10(2,3)4;/h7,9-10,12-13H,11H2,1-6H3;6-8H,1-4H3;/q2*-1;+2. The summed E-state index contributed by atoms with van der Waals surface area (Å²) < 4.78 is 0. The van der Waals surface area contributed by atoms with E-state index in [0.29, 0.717) is 11.3 Å². The molecule has 0 N–H and O–H groups in total. The number of fused-ring (bicyclic) bond motifs is 3. The summed E-state index contributed by atoms with van der Waals surface area (Å²) in [5, 5.41) is 0. The first kappa shape index (κ1) is 27.1. The molecule has 168 valence electrons. The maximum Gasteiger partial charge on any atom is 2.00 e. The topological polar surface area (TPSA) is 0 Å². The molecule has 1 atom stereocenters. The number of allylic oxidation sites excluding steroid dienone is 4. The average Bonchev–Trinajstić information content (AvgIpc) is 3.23. The first-order chi connectivity index (χ1) is 14.2. The van der Waals surface area contributed by atoms with E-state index in [1.54, 1.807) is 0 Å². The molecule has 0 nitrogen and oxygen atoms in total. The Morgan fingerprint density at radius 2 is 1.38 bits per heavy atom. The van der Waals surface area contributed by atoms with Crippen molar-refractivity contribution in [2.24, 2.45) is 11.3 Å².